The second-order valence-corrected chi connectivity index (χ2v) is 5.60. The topological polar surface area (TPSA) is 74.8 Å². The standard InChI is InChI=1S/C15H30N4O2.HI/c1-4-15(7-6-8-15)12-19-14(16-5-2)18-11-13(20)17-9-10-21-3;/h4-12H2,1-3H3,(H,17,20)(H2,16,18,19);1H. The summed E-state index contributed by atoms with van der Waals surface area (Å²) >= 11 is 0. The average molecular weight is 426 g/mol. The van der Waals surface area contributed by atoms with E-state index < -0.39 is 0 Å². The van der Waals surface area contributed by atoms with Crippen LogP contribution >= 0.6 is 24.0 Å². The maximum Gasteiger partial charge on any atom is 0.241 e. The molecule has 22 heavy (non-hydrogen) atoms. The van der Waals surface area contributed by atoms with E-state index in [1.807, 2.05) is 6.92 Å². The van der Waals surface area contributed by atoms with E-state index in [2.05, 4.69) is 27.9 Å². The van der Waals surface area contributed by atoms with Gasteiger partial charge in [0.15, 0.2) is 5.96 Å². The van der Waals surface area contributed by atoms with Gasteiger partial charge in [-0.15, -0.1) is 24.0 Å². The minimum absolute atomic E-state index is 0. The molecule has 0 aromatic rings. The predicted octanol–water partition coefficient (Wildman–Crippen LogP) is 1.50. The molecule has 0 atom stereocenters. The molecule has 0 aliphatic heterocycles. The van der Waals surface area contributed by atoms with Crippen molar-refractivity contribution in [2.75, 3.05) is 39.9 Å². The second-order valence-electron chi connectivity index (χ2n) is 5.60. The largest absolute Gasteiger partial charge is 0.383 e. The highest BCUT2D eigenvalue weighted by Crippen LogP contribution is 2.42. The monoisotopic (exact) mass is 426 g/mol. The number of carbonyl (C=O) groups is 1. The van der Waals surface area contributed by atoms with Crippen molar-refractivity contribution in [1.82, 2.24) is 16.0 Å². The normalized spacial score (nSPS) is 16.2. The third-order valence-electron chi connectivity index (χ3n) is 4.15. The van der Waals surface area contributed by atoms with Crippen molar-refractivity contribution < 1.29 is 9.53 Å². The highest BCUT2D eigenvalue weighted by molar-refractivity contribution is 14.0. The van der Waals surface area contributed by atoms with Crippen LogP contribution in [0.25, 0.3) is 0 Å². The summed E-state index contributed by atoms with van der Waals surface area (Å²) in [7, 11) is 1.61. The van der Waals surface area contributed by atoms with Crippen LogP contribution in [0, 0.1) is 5.41 Å². The molecule has 0 aromatic heterocycles. The van der Waals surface area contributed by atoms with Crippen molar-refractivity contribution in [1.29, 1.82) is 0 Å². The summed E-state index contributed by atoms with van der Waals surface area (Å²) in [5.41, 5.74) is 0.427. The summed E-state index contributed by atoms with van der Waals surface area (Å²) < 4.78 is 4.89. The lowest BCUT2D eigenvalue weighted by atomic mass is 9.67. The van der Waals surface area contributed by atoms with Crippen molar-refractivity contribution in [3.05, 3.63) is 0 Å². The molecule has 1 aliphatic rings. The van der Waals surface area contributed by atoms with Crippen molar-refractivity contribution in [2.24, 2.45) is 10.4 Å². The molecule has 6 nitrogen and oxygen atoms in total. The molecule has 130 valence electrons. The van der Waals surface area contributed by atoms with E-state index >= 15 is 0 Å². The third kappa shape index (κ3) is 7.62. The Balaban J connectivity index is 0.00000441. The van der Waals surface area contributed by atoms with Crippen LogP contribution in [0.2, 0.25) is 0 Å². The molecule has 0 saturated heterocycles. The second kappa shape index (κ2) is 11.9. The van der Waals surface area contributed by atoms with Gasteiger partial charge in [-0.3, -0.25) is 4.79 Å². The molecule has 1 saturated carbocycles. The van der Waals surface area contributed by atoms with Crippen LogP contribution in [-0.4, -0.2) is 51.8 Å². The number of halogens is 1. The van der Waals surface area contributed by atoms with Gasteiger partial charge in [-0.1, -0.05) is 13.3 Å². The Hall–Kier alpha value is -0.570. The molecule has 1 aliphatic carbocycles. The van der Waals surface area contributed by atoms with Crippen molar-refractivity contribution in [3.63, 3.8) is 0 Å². The van der Waals surface area contributed by atoms with Crippen LogP contribution < -0.4 is 16.0 Å². The smallest absolute Gasteiger partial charge is 0.241 e. The number of methoxy groups -OCH3 is 1. The number of rotatable bonds is 9. The fourth-order valence-electron chi connectivity index (χ4n) is 2.44. The van der Waals surface area contributed by atoms with Crippen LogP contribution in [0.15, 0.2) is 4.99 Å². The van der Waals surface area contributed by atoms with Gasteiger partial charge in [0.1, 0.15) is 6.54 Å². The molecular formula is C15H31IN4O2. The SMILES string of the molecule is CCNC(=NCC(=O)NCCOC)NCC1(CC)CCC1.I. The predicted molar refractivity (Wildman–Crippen MR) is 101 cm³/mol. The molecule has 0 radical (unpaired) electrons. The molecule has 1 rings (SSSR count). The lowest BCUT2D eigenvalue weighted by Crippen LogP contribution is -2.46. The lowest BCUT2D eigenvalue weighted by molar-refractivity contribution is -0.119. The average Bonchev–Trinajstić information content (AvgIpc) is 2.44. The van der Waals surface area contributed by atoms with Crippen LogP contribution in [0.3, 0.4) is 0 Å². The summed E-state index contributed by atoms with van der Waals surface area (Å²) in [6.07, 6.45) is 5.09. The number of nitrogens with zero attached hydrogens (tertiary/aromatic N) is 1. The molecule has 0 unspecified atom stereocenters. The Morgan fingerprint density at radius 3 is 2.45 bits per heavy atom. The van der Waals surface area contributed by atoms with Gasteiger partial charge in [0.25, 0.3) is 0 Å². The first-order chi connectivity index (χ1) is 10.2. The van der Waals surface area contributed by atoms with E-state index in [-0.39, 0.29) is 36.4 Å². The van der Waals surface area contributed by atoms with E-state index in [0.29, 0.717) is 18.6 Å². The number of guanidine groups is 1. The number of amides is 1. The van der Waals surface area contributed by atoms with Gasteiger partial charge in [0, 0.05) is 26.7 Å². The van der Waals surface area contributed by atoms with Gasteiger partial charge in [-0.2, -0.15) is 0 Å². The maximum absolute atomic E-state index is 11.6. The van der Waals surface area contributed by atoms with E-state index in [1.165, 1.54) is 25.7 Å². The Morgan fingerprint density at radius 2 is 1.95 bits per heavy atom. The molecule has 1 amide bonds. The van der Waals surface area contributed by atoms with Crippen molar-refractivity contribution >= 4 is 35.8 Å². The molecular weight excluding hydrogens is 395 g/mol. The van der Waals surface area contributed by atoms with Gasteiger partial charge < -0.3 is 20.7 Å². The molecule has 1 fully saturated rings. The summed E-state index contributed by atoms with van der Waals surface area (Å²) in [5.74, 6) is 0.636. The van der Waals surface area contributed by atoms with Gasteiger partial charge >= 0.3 is 0 Å². The Bertz CT molecular complexity index is 341. The number of hydrogen-bond donors (Lipinski definition) is 3. The van der Waals surface area contributed by atoms with Crippen molar-refractivity contribution in [2.45, 2.75) is 39.5 Å². The summed E-state index contributed by atoms with van der Waals surface area (Å²) in [6, 6.07) is 0. The summed E-state index contributed by atoms with van der Waals surface area (Å²) in [5, 5.41) is 9.32. The zero-order chi connectivity index (χ0) is 15.6. The fourth-order valence-corrected chi connectivity index (χ4v) is 2.44. The van der Waals surface area contributed by atoms with E-state index in [9.17, 15) is 4.79 Å². The summed E-state index contributed by atoms with van der Waals surface area (Å²) in [6.45, 7) is 7.17. The quantitative estimate of drug-likeness (QED) is 0.226. The maximum atomic E-state index is 11.6. The summed E-state index contributed by atoms with van der Waals surface area (Å²) in [4.78, 5) is 16.0. The van der Waals surface area contributed by atoms with Crippen LogP contribution in [-0.2, 0) is 9.53 Å². The molecule has 0 heterocycles. The van der Waals surface area contributed by atoms with Crippen LogP contribution in [0.4, 0.5) is 0 Å². The number of aliphatic imine (C=N–C) groups is 1. The number of nitrogens with one attached hydrogen (secondary N) is 3. The Morgan fingerprint density at radius 1 is 1.23 bits per heavy atom. The highest BCUT2D eigenvalue weighted by atomic mass is 127. The van der Waals surface area contributed by atoms with Gasteiger partial charge in [-0.05, 0) is 31.6 Å². The number of hydrogen-bond acceptors (Lipinski definition) is 3. The van der Waals surface area contributed by atoms with E-state index in [0.717, 1.165) is 19.0 Å². The van der Waals surface area contributed by atoms with E-state index in [4.69, 9.17) is 4.74 Å². The zero-order valence-corrected chi connectivity index (χ0v) is 16.4. The zero-order valence-electron chi connectivity index (χ0n) is 14.0. The van der Waals surface area contributed by atoms with Crippen LogP contribution in [0.1, 0.15) is 39.5 Å². The van der Waals surface area contributed by atoms with Gasteiger partial charge in [0.05, 0.1) is 6.61 Å². The molecule has 0 aromatic carbocycles. The van der Waals surface area contributed by atoms with E-state index in [1.54, 1.807) is 7.11 Å². The third-order valence-corrected chi connectivity index (χ3v) is 4.15. The molecule has 0 spiro atoms. The first-order valence-corrected chi connectivity index (χ1v) is 7.93. The molecule has 3 N–H and O–H groups in total. The van der Waals surface area contributed by atoms with Crippen LogP contribution in [0.5, 0.6) is 0 Å². The first-order valence-electron chi connectivity index (χ1n) is 7.93. The first kappa shape index (κ1) is 21.4. The molecule has 0 bridgehead atoms. The lowest BCUT2D eigenvalue weighted by Gasteiger charge is -2.41. The minimum atomic E-state index is -0.0851. The van der Waals surface area contributed by atoms with Crippen molar-refractivity contribution in [3.8, 4) is 0 Å². The van der Waals surface area contributed by atoms with Gasteiger partial charge in [-0.25, -0.2) is 4.99 Å². The minimum Gasteiger partial charge on any atom is -0.383 e. The van der Waals surface area contributed by atoms with Gasteiger partial charge in [0.2, 0.25) is 5.91 Å². The Labute approximate surface area is 151 Å². The molecule has 7 heteroatoms. The highest BCUT2D eigenvalue weighted by Gasteiger charge is 2.34. The fraction of sp³-hybridized carbons (Fsp3) is 0.867. The number of carbonyl (C=O) groups excluding carboxylic acids is 1. The number of ether oxygens (including phenoxy) is 1. The Kier molecular flexibility index (Phi) is 11.6.